The van der Waals surface area contributed by atoms with Crippen LogP contribution in [0.4, 0.5) is 4.79 Å². The molecule has 2 atom stereocenters. The number of aliphatic carboxylic acids is 1. The molecule has 2 amide bonds. The Balaban J connectivity index is 1.32. The van der Waals surface area contributed by atoms with Gasteiger partial charge in [0.1, 0.15) is 0 Å². The molecule has 1 aromatic rings. The summed E-state index contributed by atoms with van der Waals surface area (Å²) in [5.41, 5.74) is 3.37. The van der Waals surface area contributed by atoms with Gasteiger partial charge in [-0.05, 0) is 43.9 Å². The largest absolute Gasteiger partial charge is 0.481 e. The highest BCUT2D eigenvalue weighted by Gasteiger charge is 2.35. The van der Waals surface area contributed by atoms with Crippen LogP contribution in [0.2, 0.25) is 0 Å². The molecule has 0 saturated carbocycles. The molecule has 3 aliphatic heterocycles. The SMILES string of the molecule is Cn1cc([C@@H](CC(=O)O)N2CCN(CCCC3=CC=C4CCCNC4N3)C2=O)cn1. The quantitative estimate of drug-likeness (QED) is 0.597. The second-order valence-electron chi connectivity index (χ2n) is 8.20. The van der Waals surface area contributed by atoms with E-state index in [2.05, 4.69) is 27.9 Å². The first kappa shape index (κ1) is 20.5. The lowest BCUT2D eigenvalue weighted by Crippen LogP contribution is -2.47. The molecule has 3 aliphatic rings. The Morgan fingerprint density at radius 3 is 3.00 bits per heavy atom. The van der Waals surface area contributed by atoms with Crippen LogP contribution in [-0.4, -0.2) is 69.0 Å². The maximum absolute atomic E-state index is 13.0. The van der Waals surface area contributed by atoms with Crippen LogP contribution < -0.4 is 10.6 Å². The third-order valence-electron chi connectivity index (χ3n) is 6.04. The van der Waals surface area contributed by atoms with Crippen LogP contribution >= 0.6 is 0 Å². The maximum atomic E-state index is 13.0. The van der Waals surface area contributed by atoms with E-state index in [9.17, 15) is 14.7 Å². The number of urea groups is 1. The zero-order valence-corrected chi connectivity index (χ0v) is 17.4. The molecule has 2 saturated heterocycles. The van der Waals surface area contributed by atoms with Crippen LogP contribution in [0, 0.1) is 0 Å². The lowest BCUT2D eigenvalue weighted by Gasteiger charge is -2.32. The number of rotatable bonds is 8. The average Bonchev–Trinajstić information content (AvgIpc) is 3.32. The molecule has 2 fully saturated rings. The summed E-state index contributed by atoms with van der Waals surface area (Å²) in [6, 6.07) is -0.579. The summed E-state index contributed by atoms with van der Waals surface area (Å²) in [5.74, 6) is -0.922. The summed E-state index contributed by atoms with van der Waals surface area (Å²) in [5, 5.41) is 20.5. The molecule has 9 nitrogen and oxygen atoms in total. The van der Waals surface area contributed by atoms with Crippen LogP contribution in [0.3, 0.4) is 0 Å². The van der Waals surface area contributed by atoms with Gasteiger partial charge in [0.05, 0.1) is 24.8 Å². The second-order valence-corrected chi connectivity index (χ2v) is 8.20. The van der Waals surface area contributed by atoms with E-state index in [4.69, 9.17) is 0 Å². The minimum Gasteiger partial charge on any atom is -0.481 e. The fourth-order valence-electron chi connectivity index (χ4n) is 4.48. The number of aryl methyl sites for hydroxylation is 1. The molecular weight excluding hydrogens is 384 g/mol. The molecule has 0 spiro atoms. The van der Waals surface area contributed by atoms with Crippen molar-refractivity contribution in [3.05, 3.63) is 41.4 Å². The lowest BCUT2D eigenvalue weighted by atomic mass is 9.99. The van der Waals surface area contributed by atoms with Gasteiger partial charge in [-0.15, -0.1) is 0 Å². The Labute approximate surface area is 176 Å². The summed E-state index contributed by atoms with van der Waals surface area (Å²) in [6.07, 6.45) is 12.0. The van der Waals surface area contributed by atoms with Gasteiger partial charge in [-0.2, -0.15) is 5.10 Å². The lowest BCUT2D eigenvalue weighted by molar-refractivity contribution is -0.138. The number of hydrogen-bond acceptors (Lipinski definition) is 5. The predicted octanol–water partition coefficient (Wildman–Crippen LogP) is 1.58. The second kappa shape index (κ2) is 8.91. The van der Waals surface area contributed by atoms with Crippen LogP contribution in [0.5, 0.6) is 0 Å². The zero-order valence-electron chi connectivity index (χ0n) is 17.4. The number of carboxylic acids is 1. The molecule has 1 aromatic heterocycles. The molecule has 1 unspecified atom stereocenters. The molecule has 4 heterocycles. The minimum atomic E-state index is -0.922. The number of hydrogen-bond donors (Lipinski definition) is 3. The number of nitrogens with one attached hydrogen (secondary N) is 2. The molecule has 0 aliphatic carbocycles. The van der Waals surface area contributed by atoms with Crippen molar-refractivity contribution >= 4 is 12.0 Å². The first-order valence-electron chi connectivity index (χ1n) is 10.7. The monoisotopic (exact) mass is 414 g/mol. The molecule has 3 N–H and O–H groups in total. The van der Waals surface area contributed by atoms with E-state index in [0.717, 1.165) is 31.4 Å². The fourth-order valence-corrected chi connectivity index (χ4v) is 4.48. The number of allylic oxidation sites excluding steroid dienone is 3. The van der Waals surface area contributed by atoms with Gasteiger partial charge in [-0.25, -0.2) is 4.79 Å². The number of dihydropyridines is 1. The van der Waals surface area contributed by atoms with Gasteiger partial charge in [0.2, 0.25) is 0 Å². The Kier molecular flexibility index (Phi) is 6.08. The highest BCUT2D eigenvalue weighted by molar-refractivity contribution is 5.78. The van der Waals surface area contributed by atoms with E-state index in [1.165, 1.54) is 17.7 Å². The maximum Gasteiger partial charge on any atom is 0.320 e. The number of amides is 2. The van der Waals surface area contributed by atoms with E-state index in [0.29, 0.717) is 19.6 Å². The Morgan fingerprint density at radius 1 is 1.37 bits per heavy atom. The molecule has 0 aromatic carbocycles. The van der Waals surface area contributed by atoms with Gasteiger partial charge in [-0.3, -0.25) is 14.8 Å². The molecule has 162 valence electrons. The van der Waals surface area contributed by atoms with Crippen molar-refractivity contribution in [2.24, 2.45) is 7.05 Å². The topological polar surface area (TPSA) is 103 Å². The molecule has 4 rings (SSSR count). The van der Waals surface area contributed by atoms with Gasteiger partial charge in [-0.1, -0.05) is 6.08 Å². The number of carbonyl (C=O) groups is 2. The Bertz CT molecular complexity index is 861. The number of fused-ring (bicyclic) bond motifs is 1. The number of aromatic nitrogens is 2. The van der Waals surface area contributed by atoms with E-state index in [-0.39, 0.29) is 18.6 Å². The predicted molar refractivity (Wildman–Crippen MR) is 111 cm³/mol. The summed E-state index contributed by atoms with van der Waals surface area (Å²) < 4.78 is 1.63. The van der Waals surface area contributed by atoms with Crippen LogP contribution in [0.1, 0.15) is 43.7 Å². The molecule has 30 heavy (non-hydrogen) atoms. The molecule has 0 bridgehead atoms. The van der Waals surface area contributed by atoms with Crippen LogP contribution in [0.25, 0.3) is 0 Å². The fraction of sp³-hybridized carbons (Fsp3) is 0.571. The van der Waals surface area contributed by atoms with Crippen LogP contribution in [-0.2, 0) is 11.8 Å². The van der Waals surface area contributed by atoms with E-state index in [1.807, 2.05) is 4.90 Å². The number of carboxylic acid groups (broad SMARTS) is 1. The van der Waals surface area contributed by atoms with Crippen molar-refractivity contribution < 1.29 is 14.7 Å². The van der Waals surface area contributed by atoms with Crippen molar-refractivity contribution in [2.45, 2.75) is 44.3 Å². The minimum absolute atomic E-state index is 0.0909. The smallest absolute Gasteiger partial charge is 0.320 e. The first-order chi connectivity index (χ1) is 14.5. The summed E-state index contributed by atoms with van der Waals surface area (Å²) >= 11 is 0. The van der Waals surface area contributed by atoms with Crippen molar-refractivity contribution in [1.82, 2.24) is 30.2 Å². The summed E-state index contributed by atoms with van der Waals surface area (Å²) in [4.78, 5) is 27.8. The number of nitrogens with zero attached hydrogens (tertiary/aromatic N) is 4. The average molecular weight is 415 g/mol. The van der Waals surface area contributed by atoms with E-state index >= 15 is 0 Å². The molecular formula is C21H30N6O3. The number of piperidine rings is 1. The van der Waals surface area contributed by atoms with E-state index < -0.39 is 12.0 Å². The van der Waals surface area contributed by atoms with Gasteiger partial charge in [0.25, 0.3) is 0 Å². The highest BCUT2D eigenvalue weighted by Crippen LogP contribution is 2.28. The molecule has 9 heteroatoms. The van der Waals surface area contributed by atoms with Crippen molar-refractivity contribution in [2.75, 3.05) is 26.2 Å². The standard InChI is InChI=1S/C21H30N6O3/c1-25-14-16(13-23-25)18(12-19(28)29)27-11-10-26(21(27)30)9-3-5-17-7-6-15-4-2-8-22-20(15)24-17/h6-7,13-14,18,20,22,24H,2-5,8-12H2,1H3,(H,28,29)/t18-,20?/m1/s1. The number of carbonyl (C=O) groups excluding carboxylic acids is 1. The summed E-state index contributed by atoms with van der Waals surface area (Å²) in [6.45, 7) is 2.85. The molecule has 0 radical (unpaired) electrons. The van der Waals surface area contributed by atoms with Gasteiger partial charge < -0.3 is 20.2 Å². The van der Waals surface area contributed by atoms with Gasteiger partial charge in [0, 0.05) is 44.1 Å². The Hall–Kier alpha value is -2.81. The van der Waals surface area contributed by atoms with Crippen LogP contribution in [0.15, 0.2) is 35.8 Å². The third kappa shape index (κ3) is 4.51. The van der Waals surface area contributed by atoms with Crippen molar-refractivity contribution in [3.63, 3.8) is 0 Å². The summed E-state index contributed by atoms with van der Waals surface area (Å²) in [7, 11) is 1.79. The third-order valence-corrected chi connectivity index (χ3v) is 6.04. The Morgan fingerprint density at radius 2 is 2.23 bits per heavy atom. The normalized spacial score (nSPS) is 22.3. The van der Waals surface area contributed by atoms with Crippen molar-refractivity contribution in [1.29, 1.82) is 0 Å². The zero-order chi connectivity index (χ0) is 21.1. The highest BCUT2D eigenvalue weighted by atomic mass is 16.4. The van der Waals surface area contributed by atoms with E-state index in [1.54, 1.807) is 29.0 Å². The van der Waals surface area contributed by atoms with Crippen molar-refractivity contribution in [3.8, 4) is 0 Å². The van der Waals surface area contributed by atoms with Gasteiger partial charge >= 0.3 is 12.0 Å². The first-order valence-corrected chi connectivity index (χ1v) is 10.7. The van der Waals surface area contributed by atoms with Gasteiger partial charge in [0.15, 0.2) is 0 Å².